The maximum absolute atomic E-state index is 4.58. The Bertz CT molecular complexity index is 422. The van der Waals surface area contributed by atoms with Crippen molar-refractivity contribution in [1.29, 1.82) is 0 Å². The normalized spacial score (nSPS) is 11.4. The summed E-state index contributed by atoms with van der Waals surface area (Å²) in [6.45, 7) is 11.0. The SMILES string of the molecule is CCCCN(C)CCNC(=NCc1ncc(C)s1)NCC.I. The fraction of sp³-hybridized carbons (Fsp3) is 0.733. The molecule has 22 heavy (non-hydrogen) atoms. The lowest BCUT2D eigenvalue weighted by Gasteiger charge is -2.17. The first-order valence-electron chi connectivity index (χ1n) is 7.77. The van der Waals surface area contributed by atoms with Crippen LogP contribution in [0.5, 0.6) is 0 Å². The van der Waals surface area contributed by atoms with Crippen molar-refractivity contribution in [3.63, 3.8) is 0 Å². The summed E-state index contributed by atoms with van der Waals surface area (Å²) in [6.07, 6.45) is 4.40. The summed E-state index contributed by atoms with van der Waals surface area (Å²) < 4.78 is 0. The van der Waals surface area contributed by atoms with Crippen LogP contribution in [-0.2, 0) is 6.54 Å². The van der Waals surface area contributed by atoms with Gasteiger partial charge in [0, 0.05) is 30.7 Å². The molecule has 1 aromatic heterocycles. The molecular weight excluding hydrogens is 409 g/mol. The summed E-state index contributed by atoms with van der Waals surface area (Å²) in [4.78, 5) is 12.5. The van der Waals surface area contributed by atoms with Crippen LogP contribution in [0.15, 0.2) is 11.2 Å². The second-order valence-electron chi connectivity index (χ2n) is 5.14. The van der Waals surface area contributed by atoms with E-state index >= 15 is 0 Å². The van der Waals surface area contributed by atoms with Crippen LogP contribution in [0.2, 0.25) is 0 Å². The van der Waals surface area contributed by atoms with Crippen LogP contribution in [0, 0.1) is 6.92 Å². The standard InChI is InChI=1S/C15H29N5S.HI/c1-5-7-9-20(4)10-8-17-15(16-6-2)19-12-14-18-11-13(3)21-14;/h11H,5-10,12H2,1-4H3,(H2,16,17,19);1H. The molecule has 1 rings (SSSR count). The molecule has 0 spiro atoms. The Morgan fingerprint density at radius 1 is 1.32 bits per heavy atom. The van der Waals surface area contributed by atoms with Gasteiger partial charge in [-0.2, -0.15) is 0 Å². The summed E-state index contributed by atoms with van der Waals surface area (Å²) in [7, 11) is 2.17. The number of halogens is 1. The van der Waals surface area contributed by atoms with E-state index in [1.165, 1.54) is 17.7 Å². The van der Waals surface area contributed by atoms with E-state index in [4.69, 9.17) is 0 Å². The van der Waals surface area contributed by atoms with E-state index in [2.05, 4.69) is 53.3 Å². The Kier molecular flexibility index (Phi) is 12.8. The van der Waals surface area contributed by atoms with Crippen LogP contribution in [0.4, 0.5) is 0 Å². The van der Waals surface area contributed by atoms with Crippen molar-refractivity contribution in [1.82, 2.24) is 20.5 Å². The summed E-state index contributed by atoms with van der Waals surface area (Å²) in [5, 5.41) is 7.71. The number of unbranched alkanes of at least 4 members (excludes halogenated alkanes) is 1. The van der Waals surface area contributed by atoms with Crippen molar-refractivity contribution in [2.75, 3.05) is 33.2 Å². The number of nitrogens with one attached hydrogen (secondary N) is 2. The predicted octanol–water partition coefficient (Wildman–Crippen LogP) is 2.86. The number of aliphatic imine (C=N–C) groups is 1. The zero-order valence-corrected chi connectivity index (χ0v) is 17.3. The average molecular weight is 439 g/mol. The van der Waals surface area contributed by atoms with E-state index in [0.29, 0.717) is 6.54 Å². The predicted molar refractivity (Wildman–Crippen MR) is 107 cm³/mol. The Hall–Kier alpha value is -0.410. The molecule has 1 aromatic rings. The molecule has 0 fully saturated rings. The van der Waals surface area contributed by atoms with Gasteiger partial charge in [0.25, 0.3) is 0 Å². The minimum Gasteiger partial charge on any atom is -0.357 e. The molecule has 0 radical (unpaired) electrons. The third-order valence-electron chi connectivity index (χ3n) is 3.07. The van der Waals surface area contributed by atoms with E-state index < -0.39 is 0 Å². The average Bonchev–Trinajstić information content (AvgIpc) is 2.88. The summed E-state index contributed by atoms with van der Waals surface area (Å²) >= 11 is 1.70. The van der Waals surface area contributed by atoms with Gasteiger partial charge in [0.2, 0.25) is 0 Å². The van der Waals surface area contributed by atoms with Crippen LogP contribution in [0.25, 0.3) is 0 Å². The molecule has 5 nitrogen and oxygen atoms in total. The molecule has 2 N–H and O–H groups in total. The minimum absolute atomic E-state index is 0. The molecule has 0 aromatic carbocycles. The number of aromatic nitrogens is 1. The molecule has 0 amide bonds. The third-order valence-corrected chi connectivity index (χ3v) is 3.96. The molecule has 0 bridgehead atoms. The molecule has 0 saturated heterocycles. The van der Waals surface area contributed by atoms with E-state index in [1.807, 2.05) is 6.20 Å². The van der Waals surface area contributed by atoms with E-state index in [9.17, 15) is 0 Å². The number of guanidine groups is 1. The zero-order chi connectivity index (χ0) is 15.5. The quantitative estimate of drug-likeness (QED) is 0.353. The van der Waals surface area contributed by atoms with E-state index in [1.54, 1.807) is 11.3 Å². The highest BCUT2D eigenvalue weighted by molar-refractivity contribution is 14.0. The Labute approximate surface area is 156 Å². The highest BCUT2D eigenvalue weighted by atomic mass is 127. The largest absolute Gasteiger partial charge is 0.357 e. The number of hydrogen-bond donors (Lipinski definition) is 2. The summed E-state index contributed by atoms with van der Waals surface area (Å²) in [5.41, 5.74) is 0. The van der Waals surface area contributed by atoms with Gasteiger partial charge >= 0.3 is 0 Å². The number of thiazole rings is 1. The molecule has 0 aliphatic rings. The number of hydrogen-bond acceptors (Lipinski definition) is 4. The van der Waals surface area contributed by atoms with Gasteiger partial charge < -0.3 is 15.5 Å². The fourth-order valence-electron chi connectivity index (χ4n) is 1.87. The summed E-state index contributed by atoms with van der Waals surface area (Å²) in [5.74, 6) is 0.870. The van der Waals surface area contributed by atoms with Crippen LogP contribution < -0.4 is 10.6 Å². The van der Waals surface area contributed by atoms with Crippen molar-refractivity contribution < 1.29 is 0 Å². The second kappa shape index (κ2) is 13.1. The molecule has 0 aliphatic heterocycles. The lowest BCUT2D eigenvalue weighted by Crippen LogP contribution is -2.41. The Morgan fingerprint density at radius 2 is 2.09 bits per heavy atom. The number of nitrogens with zero attached hydrogens (tertiary/aromatic N) is 3. The van der Waals surface area contributed by atoms with Gasteiger partial charge in [-0.25, -0.2) is 9.98 Å². The van der Waals surface area contributed by atoms with Crippen LogP contribution in [0.1, 0.15) is 36.6 Å². The number of rotatable bonds is 9. The van der Waals surface area contributed by atoms with Gasteiger partial charge in [0.05, 0.1) is 6.54 Å². The van der Waals surface area contributed by atoms with Crippen molar-refractivity contribution in [3.05, 3.63) is 16.1 Å². The fourth-order valence-corrected chi connectivity index (χ4v) is 2.58. The smallest absolute Gasteiger partial charge is 0.191 e. The molecular formula is C15H30IN5S. The van der Waals surface area contributed by atoms with Gasteiger partial charge in [-0.15, -0.1) is 35.3 Å². The van der Waals surface area contributed by atoms with E-state index in [0.717, 1.165) is 37.1 Å². The first-order chi connectivity index (χ1) is 10.2. The molecule has 0 unspecified atom stereocenters. The van der Waals surface area contributed by atoms with Crippen molar-refractivity contribution in [2.45, 2.75) is 40.2 Å². The molecule has 128 valence electrons. The van der Waals surface area contributed by atoms with Crippen LogP contribution in [-0.4, -0.2) is 49.1 Å². The van der Waals surface area contributed by atoms with Gasteiger partial charge in [0.1, 0.15) is 5.01 Å². The highest BCUT2D eigenvalue weighted by Gasteiger charge is 2.01. The first-order valence-corrected chi connectivity index (χ1v) is 8.59. The molecule has 7 heteroatoms. The second-order valence-corrected chi connectivity index (χ2v) is 6.46. The van der Waals surface area contributed by atoms with Gasteiger partial charge in [-0.3, -0.25) is 0 Å². The van der Waals surface area contributed by atoms with E-state index in [-0.39, 0.29) is 24.0 Å². The number of aryl methyl sites for hydroxylation is 1. The van der Waals surface area contributed by atoms with Crippen molar-refractivity contribution >= 4 is 41.3 Å². The molecule has 0 atom stereocenters. The van der Waals surface area contributed by atoms with Crippen molar-refractivity contribution in [2.24, 2.45) is 4.99 Å². The minimum atomic E-state index is 0. The lowest BCUT2D eigenvalue weighted by molar-refractivity contribution is 0.332. The van der Waals surface area contributed by atoms with Crippen LogP contribution >= 0.6 is 35.3 Å². The molecule has 1 heterocycles. The van der Waals surface area contributed by atoms with Gasteiger partial charge in [-0.1, -0.05) is 13.3 Å². The zero-order valence-electron chi connectivity index (χ0n) is 14.2. The third kappa shape index (κ3) is 9.58. The summed E-state index contributed by atoms with van der Waals surface area (Å²) in [6, 6.07) is 0. The molecule has 0 saturated carbocycles. The first kappa shape index (κ1) is 21.6. The maximum Gasteiger partial charge on any atom is 0.191 e. The Morgan fingerprint density at radius 3 is 2.68 bits per heavy atom. The lowest BCUT2D eigenvalue weighted by atomic mass is 10.3. The highest BCUT2D eigenvalue weighted by Crippen LogP contribution is 2.11. The van der Waals surface area contributed by atoms with Crippen LogP contribution in [0.3, 0.4) is 0 Å². The topological polar surface area (TPSA) is 52.5 Å². The van der Waals surface area contributed by atoms with Gasteiger partial charge in [-0.05, 0) is 33.9 Å². The van der Waals surface area contributed by atoms with Crippen molar-refractivity contribution in [3.8, 4) is 0 Å². The molecule has 0 aliphatic carbocycles. The van der Waals surface area contributed by atoms with Gasteiger partial charge in [0.15, 0.2) is 5.96 Å². The Balaban J connectivity index is 0.00000441. The number of likely N-dealkylation sites (N-methyl/N-ethyl adjacent to an activating group) is 1. The monoisotopic (exact) mass is 439 g/mol. The maximum atomic E-state index is 4.58.